The molecular formula is C10H12N4OS. The Labute approximate surface area is 97.1 Å². The molecule has 0 saturated heterocycles. The number of rotatable bonds is 5. The number of carbonyl (C=O) groups excluding carboxylic acids is 1. The Bertz CT molecular complexity index is 424. The summed E-state index contributed by atoms with van der Waals surface area (Å²) in [7, 11) is 0. The average molecular weight is 236 g/mol. The quantitative estimate of drug-likeness (QED) is 0.792. The zero-order valence-electron chi connectivity index (χ0n) is 8.67. The third kappa shape index (κ3) is 2.90. The molecule has 2 rings (SSSR count). The second kappa shape index (κ2) is 5.41. The molecular weight excluding hydrogens is 224 g/mol. The van der Waals surface area contributed by atoms with Gasteiger partial charge in [0, 0.05) is 30.9 Å². The normalized spacial score (nSPS) is 10.2. The zero-order chi connectivity index (χ0) is 11.2. The molecule has 0 aliphatic heterocycles. The van der Waals surface area contributed by atoms with Gasteiger partial charge in [-0.05, 0) is 12.5 Å². The molecule has 2 aromatic heterocycles. The maximum absolute atomic E-state index is 11.5. The topological polar surface area (TPSA) is 59.8 Å². The van der Waals surface area contributed by atoms with Crippen LogP contribution in [0.15, 0.2) is 29.4 Å². The summed E-state index contributed by atoms with van der Waals surface area (Å²) in [5, 5.41) is 8.63. The van der Waals surface area contributed by atoms with E-state index < -0.39 is 0 Å². The highest BCUT2D eigenvalue weighted by molar-refractivity contribution is 7.07. The standard InChI is InChI=1S/C10H12N4OS/c15-10(9-7-16-8-12-9)11-3-1-5-14-6-2-4-13-14/h2,4,6-8H,1,3,5H2,(H,11,15). The van der Waals surface area contributed by atoms with Crippen LogP contribution in [0, 0.1) is 0 Å². The lowest BCUT2D eigenvalue weighted by molar-refractivity contribution is 0.0948. The smallest absolute Gasteiger partial charge is 0.270 e. The maximum atomic E-state index is 11.5. The fourth-order valence-electron chi connectivity index (χ4n) is 1.29. The van der Waals surface area contributed by atoms with Gasteiger partial charge in [0.05, 0.1) is 5.51 Å². The Morgan fingerprint density at radius 2 is 2.50 bits per heavy atom. The summed E-state index contributed by atoms with van der Waals surface area (Å²) in [4.78, 5) is 15.4. The summed E-state index contributed by atoms with van der Waals surface area (Å²) in [6.45, 7) is 1.45. The van der Waals surface area contributed by atoms with Crippen LogP contribution in [0.25, 0.3) is 0 Å². The van der Waals surface area contributed by atoms with Gasteiger partial charge in [-0.25, -0.2) is 4.98 Å². The number of aryl methyl sites for hydroxylation is 1. The first kappa shape index (κ1) is 10.8. The molecule has 0 fully saturated rings. The van der Waals surface area contributed by atoms with Gasteiger partial charge in [0.2, 0.25) is 0 Å². The molecule has 16 heavy (non-hydrogen) atoms. The fraction of sp³-hybridized carbons (Fsp3) is 0.300. The van der Waals surface area contributed by atoms with E-state index in [0.717, 1.165) is 13.0 Å². The maximum Gasteiger partial charge on any atom is 0.270 e. The Hall–Kier alpha value is -1.69. The van der Waals surface area contributed by atoms with Crippen molar-refractivity contribution in [2.45, 2.75) is 13.0 Å². The van der Waals surface area contributed by atoms with Crippen LogP contribution < -0.4 is 5.32 Å². The molecule has 0 atom stereocenters. The van der Waals surface area contributed by atoms with Gasteiger partial charge in [-0.2, -0.15) is 5.10 Å². The van der Waals surface area contributed by atoms with Crippen molar-refractivity contribution in [1.82, 2.24) is 20.1 Å². The van der Waals surface area contributed by atoms with E-state index in [0.29, 0.717) is 12.2 Å². The molecule has 0 saturated carbocycles. The summed E-state index contributed by atoms with van der Waals surface area (Å²) in [5.74, 6) is -0.110. The monoisotopic (exact) mass is 236 g/mol. The van der Waals surface area contributed by atoms with E-state index in [9.17, 15) is 4.79 Å². The highest BCUT2D eigenvalue weighted by atomic mass is 32.1. The van der Waals surface area contributed by atoms with Crippen molar-refractivity contribution in [3.8, 4) is 0 Å². The third-order valence-corrected chi connectivity index (χ3v) is 2.66. The minimum absolute atomic E-state index is 0.110. The largest absolute Gasteiger partial charge is 0.351 e. The molecule has 1 N–H and O–H groups in total. The molecule has 2 aromatic rings. The van der Waals surface area contributed by atoms with Gasteiger partial charge in [-0.3, -0.25) is 9.48 Å². The predicted octanol–water partition coefficient (Wildman–Crippen LogP) is 1.16. The molecule has 0 aliphatic rings. The van der Waals surface area contributed by atoms with E-state index in [4.69, 9.17) is 0 Å². The highest BCUT2D eigenvalue weighted by Crippen LogP contribution is 2.00. The Kier molecular flexibility index (Phi) is 3.66. The van der Waals surface area contributed by atoms with Crippen LogP contribution in [-0.4, -0.2) is 27.2 Å². The number of nitrogens with zero attached hydrogens (tertiary/aromatic N) is 3. The predicted molar refractivity (Wildman–Crippen MR) is 61.3 cm³/mol. The molecule has 0 aliphatic carbocycles. The van der Waals surface area contributed by atoms with Crippen molar-refractivity contribution in [1.29, 1.82) is 0 Å². The van der Waals surface area contributed by atoms with Gasteiger partial charge in [0.1, 0.15) is 5.69 Å². The molecule has 0 unspecified atom stereocenters. The van der Waals surface area contributed by atoms with E-state index in [-0.39, 0.29) is 5.91 Å². The number of hydrogen-bond acceptors (Lipinski definition) is 4. The number of nitrogens with one attached hydrogen (secondary N) is 1. The lowest BCUT2D eigenvalue weighted by atomic mass is 10.4. The fourth-order valence-corrected chi connectivity index (χ4v) is 1.82. The second-order valence-corrected chi connectivity index (χ2v) is 3.97. The minimum atomic E-state index is -0.110. The zero-order valence-corrected chi connectivity index (χ0v) is 9.48. The number of hydrogen-bond donors (Lipinski definition) is 1. The number of thiazole rings is 1. The molecule has 1 amide bonds. The van der Waals surface area contributed by atoms with Gasteiger partial charge in [0.15, 0.2) is 0 Å². The van der Waals surface area contributed by atoms with E-state index in [1.807, 2.05) is 16.9 Å². The summed E-state index contributed by atoms with van der Waals surface area (Å²) >= 11 is 1.42. The van der Waals surface area contributed by atoms with Gasteiger partial charge < -0.3 is 5.32 Å². The van der Waals surface area contributed by atoms with E-state index in [1.54, 1.807) is 17.1 Å². The molecule has 0 spiro atoms. The molecule has 5 nitrogen and oxygen atoms in total. The van der Waals surface area contributed by atoms with E-state index >= 15 is 0 Å². The summed E-state index contributed by atoms with van der Waals surface area (Å²) in [6, 6.07) is 1.88. The van der Waals surface area contributed by atoms with Crippen LogP contribution >= 0.6 is 11.3 Å². The van der Waals surface area contributed by atoms with Crippen LogP contribution in [0.5, 0.6) is 0 Å². The van der Waals surface area contributed by atoms with E-state index in [1.165, 1.54) is 11.3 Å². The van der Waals surface area contributed by atoms with Gasteiger partial charge in [-0.1, -0.05) is 0 Å². The van der Waals surface area contributed by atoms with Crippen molar-refractivity contribution in [2.75, 3.05) is 6.54 Å². The summed E-state index contributed by atoms with van der Waals surface area (Å²) < 4.78 is 1.84. The first-order chi connectivity index (χ1) is 7.86. The molecule has 2 heterocycles. The van der Waals surface area contributed by atoms with Crippen LogP contribution in [-0.2, 0) is 6.54 Å². The molecule has 84 valence electrons. The van der Waals surface area contributed by atoms with Crippen LogP contribution in [0.2, 0.25) is 0 Å². The highest BCUT2D eigenvalue weighted by Gasteiger charge is 2.05. The van der Waals surface area contributed by atoms with Gasteiger partial charge in [-0.15, -0.1) is 11.3 Å². The Morgan fingerprint density at radius 3 is 3.19 bits per heavy atom. The molecule has 0 aromatic carbocycles. The molecule has 6 heteroatoms. The van der Waals surface area contributed by atoms with Gasteiger partial charge >= 0.3 is 0 Å². The van der Waals surface area contributed by atoms with Crippen molar-refractivity contribution >= 4 is 17.2 Å². The Morgan fingerprint density at radius 1 is 1.56 bits per heavy atom. The SMILES string of the molecule is O=C(NCCCn1cccn1)c1cscn1. The lowest BCUT2D eigenvalue weighted by Crippen LogP contribution is -2.25. The van der Waals surface area contributed by atoms with Crippen molar-refractivity contribution < 1.29 is 4.79 Å². The lowest BCUT2D eigenvalue weighted by Gasteiger charge is -2.03. The number of carbonyl (C=O) groups is 1. The van der Waals surface area contributed by atoms with E-state index in [2.05, 4.69) is 15.4 Å². The number of aromatic nitrogens is 3. The summed E-state index contributed by atoms with van der Waals surface area (Å²) in [5.41, 5.74) is 2.14. The molecule has 0 radical (unpaired) electrons. The molecule has 0 bridgehead atoms. The van der Waals surface area contributed by atoms with Crippen LogP contribution in [0.1, 0.15) is 16.9 Å². The van der Waals surface area contributed by atoms with Crippen LogP contribution in [0.4, 0.5) is 0 Å². The third-order valence-electron chi connectivity index (χ3n) is 2.07. The van der Waals surface area contributed by atoms with Crippen LogP contribution in [0.3, 0.4) is 0 Å². The van der Waals surface area contributed by atoms with Crippen molar-refractivity contribution in [3.63, 3.8) is 0 Å². The van der Waals surface area contributed by atoms with Crippen molar-refractivity contribution in [3.05, 3.63) is 35.0 Å². The average Bonchev–Trinajstić information content (AvgIpc) is 2.96. The number of amides is 1. The Balaban J connectivity index is 1.67. The summed E-state index contributed by atoms with van der Waals surface area (Å²) in [6.07, 6.45) is 4.51. The first-order valence-electron chi connectivity index (χ1n) is 5.00. The second-order valence-electron chi connectivity index (χ2n) is 3.25. The van der Waals surface area contributed by atoms with Crippen molar-refractivity contribution in [2.24, 2.45) is 0 Å². The van der Waals surface area contributed by atoms with Gasteiger partial charge in [0.25, 0.3) is 5.91 Å². The first-order valence-corrected chi connectivity index (χ1v) is 5.94. The minimum Gasteiger partial charge on any atom is -0.351 e.